The first-order chi connectivity index (χ1) is 13.1. The van der Waals surface area contributed by atoms with Crippen LogP contribution in [0.1, 0.15) is 22.6 Å². The number of amides is 1. The van der Waals surface area contributed by atoms with Crippen molar-refractivity contribution in [3.63, 3.8) is 0 Å². The average molecular weight is 362 g/mol. The molecule has 0 bridgehead atoms. The number of phenolic OH excluding ortho intramolecular Hbond substituents is 1. The van der Waals surface area contributed by atoms with Gasteiger partial charge in [0.15, 0.2) is 0 Å². The second-order valence-electron chi connectivity index (χ2n) is 6.04. The summed E-state index contributed by atoms with van der Waals surface area (Å²) in [4.78, 5) is 23.3. The van der Waals surface area contributed by atoms with Gasteiger partial charge in [0, 0.05) is 24.2 Å². The van der Waals surface area contributed by atoms with E-state index in [1.807, 2.05) is 60.7 Å². The molecule has 0 unspecified atom stereocenters. The molecule has 0 saturated carbocycles. The molecule has 0 fully saturated rings. The molecule has 3 aromatic rings. The lowest BCUT2D eigenvalue weighted by molar-refractivity contribution is -0.384. The molecule has 1 amide bonds. The SMILES string of the molecule is O=C(NCc1cc([N+](=O)[O-])ccc1O)C(c1ccccc1)c1ccccc1. The zero-order chi connectivity index (χ0) is 19.2. The van der Waals surface area contributed by atoms with Gasteiger partial charge in [0.1, 0.15) is 5.75 Å². The third-order valence-corrected chi connectivity index (χ3v) is 4.25. The molecule has 0 spiro atoms. The number of benzene rings is 3. The topological polar surface area (TPSA) is 92.5 Å². The molecule has 0 atom stereocenters. The van der Waals surface area contributed by atoms with Crippen LogP contribution in [0.15, 0.2) is 78.9 Å². The molecule has 0 aromatic heterocycles. The zero-order valence-corrected chi connectivity index (χ0v) is 14.4. The number of aromatic hydroxyl groups is 1. The molecule has 0 radical (unpaired) electrons. The number of hydrogen-bond acceptors (Lipinski definition) is 4. The number of carbonyl (C=O) groups excluding carboxylic acids is 1. The van der Waals surface area contributed by atoms with Gasteiger partial charge in [-0.1, -0.05) is 60.7 Å². The van der Waals surface area contributed by atoms with Crippen molar-refractivity contribution in [3.05, 3.63) is 106 Å². The van der Waals surface area contributed by atoms with Crippen LogP contribution in [0.25, 0.3) is 0 Å². The summed E-state index contributed by atoms with van der Waals surface area (Å²) in [5.74, 6) is -0.872. The van der Waals surface area contributed by atoms with E-state index in [2.05, 4.69) is 5.32 Å². The highest BCUT2D eigenvalue weighted by molar-refractivity contribution is 5.87. The molecule has 0 aliphatic rings. The molecular weight excluding hydrogens is 344 g/mol. The number of hydrogen-bond donors (Lipinski definition) is 2. The van der Waals surface area contributed by atoms with Crippen molar-refractivity contribution in [2.24, 2.45) is 0 Å². The number of non-ortho nitro benzene ring substituents is 1. The highest BCUT2D eigenvalue weighted by Crippen LogP contribution is 2.26. The van der Waals surface area contributed by atoms with Crippen LogP contribution in [-0.2, 0) is 11.3 Å². The van der Waals surface area contributed by atoms with Crippen LogP contribution >= 0.6 is 0 Å². The molecule has 0 heterocycles. The van der Waals surface area contributed by atoms with E-state index in [9.17, 15) is 20.0 Å². The molecular formula is C21H18N2O4. The van der Waals surface area contributed by atoms with Gasteiger partial charge in [0.2, 0.25) is 5.91 Å². The van der Waals surface area contributed by atoms with Gasteiger partial charge < -0.3 is 10.4 Å². The number of phenols is 1. The van der Waals surface area contributed by atoms with Gasteiger partial charge in [0.25, 0.3) is 5.69 Å². The molecule has 3 rings (SSSR count). The van der Waals surface area contributed by atoms with Crippen LogP contribution in [0.4, 0.5) is 5.69 Å². The maximum Gasteiger partial charge on any atom is 0.270 e. The largest absolute Gasteiger partial charge is 0.508 e. The standard InChI is InChI=1S/C21H18N2O4/c24-19-12-11-18(23(26)27)13-17(19)14-22-21(25)20(15-7-3-1-4-8-15)16-9-5-2-6-10-16/h1-13,20,24H,14H2,(H,22,25). The minimum atomic E-state index is -0.540. The predicted octanol–water partition coefficient (Wildman–Crippen LogP) is 3.75. The molecule has 0 aliphatic heterocycles. The number of rotatable bonds is 6. The van der Waals surface area contributed by atoms with Gasteiger partial charge in [-0.05, 0) is 17.2 Å². The van der Waals surface area contributed by atoms with Gasteiger partial charge in [0.05, 0.1) is 10.8 Å². The van der Waals surface area contributed by atoms with Crippen molar-refractivity contribution in [1.29, 1.82) is 0 Å². The monoisotopic (exact) mass is 362 g/mol. The van der Waals surface area contributed by atoms with E-state index >= 15 is 0 Å². The number of nitrogens with one attached hydrogen (secondary N) is 1. The highest BCUT2D eigenvalue weighted by atomic mass is 16.6. The van der Waals surface area contributed by atoms with Crippen molar-refractivity contribution in [2.75, 3.05) is 0 Å². The molecule has 2 N–H and O–H groups in total. The summed E-state index contributed by atoms with van der Waals surface area (Å²) < 4.78 is 0. The van der Waals surface area contributed by atoms with Crippen molar-refractivity contribution >= 4 is 11.6 Å². The molecule has 136 valence electrons. The maximum atomic E-state index is 12.9. The van der Waals surface area contributed by atoms with E-state index in [0.29, 0.717) is 0 Å². The van der Waals surface area contributed by atoms with E-state index < -0.39 is 10.8 Å². The Labute approximate surface area is 156 Å². The fourth-order valence-corrected chi connectivity index (χ4v) is 2.90. The fraction of sp³-hybridized carbons (Fsp3) is 0.0952. The van der Waals surface area contributed by atoms with E-state index in [1.54, 1.807) is 0 Å². The zero-order valence-electron chi connectivity index (χ0n) is 14.4. The van der Waals surface area contributed by atoms with E-state index in [4.69, 9.17) is 0 Å². The number of nitrogens with zero attached hydrogens (tertiary/aromatic N) is 1. The summed E-state index contributed by atoms with van der Waals surface area (Å²) in [5, 5.41) is 23.6. The average Bonchev–Trinajstić information content (AvgIpc) is 2.69. The number of nitro benzene ring substituents is 1. The van der Waals surface area contributed by atoms with E-state index in [-0.39, 0.29) is 29.5 Å². The quantitative estimate of drug-likeness (QED) is 0.516. The van der Waals surface area contributed by atoms with Crippen LogP contribution in [0.5, 0.6) is 5.75 Å². The fourth-order valence-electron chi connectivity index (χ4n) is 2.90. The minimum absolute atomic E-state index is 0.0114. The smallest absolute Gasteiger partial charge is 0.270 e. The van der Waals surface area contributed by atoms with E-state index in [1.165, 1.54) is 18.2 Å². The second-order valence-corrected chi connectivity index (χ2v) is 6.04. The molecule has 27 heavy (non-hydrogen) atoms. The van der Waals surface area contributed by atoms with Crippen LogP contribution in [0, 0.1) is 10.1 Å². The molecule has 6 nitrogen and oxygen atoms in total. The Morgan fingerprint density at radius 3 is 2.04 bits per heavy atom. The summed E-state index contributed by atoms with van der Waals surface area (Å²) in [5.41, 5.74) is 1.83. The van der Waals surface area contributed by atoms with Crippen molar-refractivity contribution in [2.45, 2.75) is 12.5 Å². The number of carbonyl (C=O) groups is 1. The third kappa shape index (κ3) is 4.30. The van der Waals surface area contributed by atoms with Crippen molar-refractivity contribution in [1.82, 2.24) is 5.32 Å². The highest BCUT2D eigenvalue weighted by Gasteiger charge is 2.22. The Balaban J connectivity index is 1.84. The summed E-state index contributed by atoms with van der Waals surface area (Å²) >= 11 is 0. The molecule has 0 aliphatic carbocycles. The Kier molecular flexibility index (Phi) is 5.47. The summed E-state index contributed by atoms with van der Waals surface area (Å²) in [6, 6.07) is 22.5. The Morgan fingerprint density at radius 2 is 1.52 bits per heavy atom. The maximum absolute atomic E-state index is 12.9. The summed E-state index contributed by atoms with van der Waals surface area (Å²) in [7, 11) is 0. The minimum Gasteiger partial charge on any atom is -0.508 e. The Hall–Kier alpha value is -3.67. The van der Waals surface area contributed by atoms with E-state index in [0.717, 1.165) is 11.1 Å². The van der Waals surface area contributed by atoms with Crippen LogP contribution in [0.2, 0.25) is 0 Å². The van der Waals surface area contributed by atoms with Gasteiger partial charge in [-0.15, -0.1) is 0 Å². The Morgan fingerprint density at radius 1 is 0.963 bits per heavy atom. The van der Waals surface area contributed by atoms with Crippen LogP contribution in [-0.4, -0.2) is 15.9 Å². The molecule has 3 aromatic carbocycles. The lowest BCUT2D eigenvalue weighted by Crippen LogP contribution is -2.29. The first-order valence-corrected chi connectivity index (χ1v) is 8.40. The van der Waals surface area contributed by atoms with Crippen LogP contribution < -0.4 is 5.32 Å². The second kappa shape index (κ2) is 8.14. The van der Waals surface area contributed by atoms with Crippen molar-refractivity contribution < 1.29 is 14.8 Å². The van der Waals surface area contributed by atoms with Gasteiger partial charge in [-0.25, -0.2) is 0 Å². The van der Waals surface area contributed by atoms with Crippen LogP contribution in [0.3, 0.4) is 0 Å². The first kappa shape index (κ1) is 18.1. The summed E-state index contributed by atoms with van der Waals surface area (Å²) in [6.07, 6.45) is 0. The summed E-state index contributed by atoms with van der Waals surface area (Å²) in [6.45, 7) is -0.0114. The normalized spacial score (nSPS) is 10.6. The predicted molar refractivity (Wildman–Crippen MR) is 101 cm³/mol. The lowest BCUT2D eigenvalue weighted by atomic mass is 9.90. The van der Waals surface area contributed by atoms with Gasteiger partial charge in [-0.2, -0.15) is 0 Å². The lowest BCUT2D eigenvalue weighted by Gasteiger charge is -2.18. The Bertz CT molecular complexity index is 903. The molecule has 0 saturated heterocycles. The first-order valence-electron chi connectivity index (χ1n) is 8.40. The molecule has 6 heteroatoms. The number of nitro groups is 1. The van der Waals surface area contributed by atoms with Gasteiger partial charge >= 0.3 is 0 Å². The third-order valence-electron chi connectivity index (χ3n) is 4.25. The van der Waals surface area contributed by atoms with Gasteiger partial charge in [-0.3, -0.25) is 14.9 Å². The van der Waals surface area contributed by atoms with Crippen molar-refractivity contribution in [3.8, 4) is 5.75 Å².